The van der Waals surface area contributed by atoms with Gasteiger partial charge in [0.2, 0.25) is 5.91 Å². The van der Waals surface area contributed by atoms with Crippen molar-refractivity contribution in [3.8, 4) is 11.5 Å². The van der Waals surface area contributed by atoms with Crippen molar-refractivity contribution in [3.63, 3.8) is 0 Å². The number of nitrogens with zero attached hydrogens (tertiary/aromatic N) is 1. The smallest absolute Gasteiger partial charge is 0.225 e. The molecule has 0 aliphatic rings. The molecule has 0 aromatic heterocycles. The molecular formula is C19H22Cl2N2O3. The number of halogens is 2. The van der Waals surface area contributed by atoms with E-state index in [2.05, 4.69) is 5.32 Å². The maximum Gasteiger partial charge on any atom is 0.225 e. The number of carbonyl (C=O) groups excluding carboxylic acids is 1. The Labute approximate surface area is 163 Å². The lowest BCUT2D eigenvalue weighted by Gasteiger charge is -2.19. The zero-order valence-electron chi connectivity index (χ0n) is 15.0. The molecule has 140 valence electrons. The van der Waals surface area contributed by atoms with Crippen LogP contribution in [0.5, 0.6) is 11.5 Å². The average molecular weight is 397 g/mol. The number of anilines is 1. The first kappa shape index (κ1) is 20.4. The van der Waals surface area contributed by atoms with E-state index >= 15 is 0 Å². The quantitative estimate of drug-likeness (QED) is 0.714. The van der Waals surface area contributed by atoms with Crippen molar-refractivity contribution >= 4 is 34.8 Å². The van der Waals surface area contributed by atoms with Gasteiger partial charge in [-0.05, 0) is 25.2 Å². The lowest BCUT2D eigenvalue weighted by molar-refractivity contribution is -0.116. The summed E-state index contributed by atoms with van der Waals surface area (Å²) in [4.78, 5) is 14.2. The first-order valence-electron chi connectivity index (χ1n) is 8.08. The van der Waals surface area contributed by atoms with Crippen LogP contribution in [0.3, 0.4) is 0 Å². The van der Waals surface area contributed by atoms with Gasteiger partial charge in [0.25, 0.3) is 0 Å². The van der Waals surface area contributed by atoms with Gasteiger partial charge in [0.1, 0.15) is 11.5 Å². The van der Waals surface area contributed by atoms with Crippen LogP contribution < -0.4 is 14.8 Å². The van der Waals surface area contributed by atoms with Crippen LogP contribution in [0.2, 0.25) is 10.0 Å². The van der Waals surface area contributed by atoms with E-state index in [1.807, 2.05) is 30.1 Å². The zero-order valence-corrected chi connectivity index (χ0v) is 16.5. The van der Waals surface area contributed by atoms with Crippen LogP contribution in [0.4, 0.5) is 5.69 Å². The highest BCUT2D eigenvalue weighted by Crippen LogP contribution is 2.30. The van der Waals surface area contributed by atoms with Gasteiger partial charge in [0.15, 0.2) is 0 Å². The molecule has 0 atom stereocenters. The Bertz CT molecular complexity index is 748. The predicted molar refractivity (Wildman–Crippen MR) is 106 cm³/mol. The van der Waals surface area contributed by atoms with Gasteiger partial charge in [-0.15, -0.1) is 0 Å². The van der Waals surface area contributed by atoms with Crippen LogP contribution in [0.25, 0.3) is 0 Å². The van der Waals surface area contributed by atoms with E-state index in [1.165, 1.54) is 0 Å². The van der Waals surface area contributed by atoms with Crippen molar-refractivity contribution in [3.05, 3.63) is 52.0 Å². The molecule has 2 rings (SSSR count). The minimum Gasteiger partial charge on any atom is -0.497 e. The number of hydrogen-bond acceptors (Lipinski definition) is 4. The largest absolute Gasteiger partial charge is 0.497 e. The van der Waals surface area contributed by atoms with E-state index in [0.29, 0.717) is 35.2 Å². The molecule has 7 heteroatoms. The number of amides is 1. The molecule has 26 heavy (non-hydrogen) atoms. The number of para-hydroxylation sites is 1. The molecule has 0 aliphatic carbocycles. The molecule has 0 unspecified atom stereocenters. The van der Waals surface area contributed by atoms with Crippen molar-refractivity contribution in [2.75, 3.05) is 33.1 Å². The first-order valence-corrected chi connectivity index (χ1v) is 8.83. The minimum absolute atomic E-state index is 0.145. The van der Waals surface area contributed by atoms with Crippen LogP contribution in [0.15, 0.2) is 36.4 Å². The standard InChI is InChI=1S/C19H22Cl2N2O3/c1-23(12-13-7-8-14(25-2)11-17(13)26-3)10-9-18(24)22-19-15(20)5-4-6-16(19)21/h4-8,11H,9-10,12H2,1-3H3,(H,22,24). The molecule has 0 bridgehead atoms. The van der Waals surface area contributed by atoms with Crippen molar-refractivity contribution < 1.29 is 14.3 Å². The molecule has 0 fully saturated rings. The molecule has 0 heterocycles. The highest BCUT2D eigenvalue weighted by molar-refractivity contribution is 6.39. The van der Waals surface area contributed by atoms with Crippen LogP contribution in [0, 0.1) is 0 Å². The Hall–Kier alpha value is -1.95. The molecule has 0 saturated carbocycles. The minimum atomic E-state index is -0.145. The molecule has 2 aromatic rings. The van der Waals surface area contributed by atoms with Crippen molar-refractivity contribution in [2.24, 2.45) is 0 Å². The lowest BCUT2D eigenvalue weighted by Crippen LogP contribution is -2.24. The Balaban J connectivity index is 1.90. The molecule has 0 saturated heterocycles. The van der Waals surface area contributed by atoms with E-state index < -0.39 is 0 Å². The second-order valence-corrected chi connectivity index (χ2v) is 6.62. The second kappa shape index (κ2) is 9.67. The van der Waals surface area contributed by atoms with Crippen LogP contribution in [0.1, 0.15) is 12.0 Å². The first-order chi connectivity index (χ1) is 12.4. The summed E-state index contributed by atoms with van der Waals surface area (Å²) in [5, 5.41) is 3.60. The molecule has 2 aromatic carbocycles. The Morgan fingerprint density at radius 1 is 1.12 bits per heavy atom. The molecular weight excluding hydrogens is 375 g/mol. The Morgan fingerprint density at radius 2 is 1.81 bits per heavy atom. The lowest BCUT2D eigenvalue weighted by atomic mass is 10.1. The summed E-state index contributed by atoms with van der Waals surface area (Å²) >= 11 is 12.1. The van der Waals surface area contributed by atoms with E-state index in [4.69, 9.17) is 32.7 Å². The maximum absolute atomic E-state index is 12.2. The van der Waals surface area contributed by atoms with Gasteiger partial charge in [-0.25, -0.2) is 0 Å². The number of carbonyl (C=O) groups is 1. The number of methoxy groups -OCH3 is 2. The van der Waals surface area contributed by atoms with E-state index in [1.54, 1.807) is 32.4 Å². The Kier molecular flexibility index (Phi) is 7.57. The van der Waals surface area contributed by atoms with Crippen LogP contribution >= 0.6 is 23.2 Å². The summed E-state index contributed by atoms with van der Waals surface area (Å²) in [7, 11) is 5.18. The van der Waals surface area contributed by atoms with E-state index in [0.717, 1.165) is 17.1 Å². The number of rotatable bonds is 8. The highest BCUT2D eigenvalue weighted by Gasteiger charge is 2.12. The van der Waals surface area contributed by atoms with Gasteiger partial charge in [0, 0.05) is 31.1 Å². The predicted octanol–water partition coefficient (Wildman–Crippen LogP) is 4.47. The van der Waals surface area contributed by atoms with Crippen LogP contribution in [-0.2, 0) is 11.3 Å². The number of nitrogens with one attached hydrogen (secondary N) is 1. The fourth-order valence-corrected chi connectivity index (χ4v) is 2.96. The fraction of sp³-hybridized carbons (Fsp3) is 0.316. The fourth-order valence-electron chi connectivity index (χ4n) is 2.46. The molecule has 5 nitrogen and oxygen atoms in total. The monoisotopic (exact) mass is 396 g/mol. The highest BCUT2D eigenvalue weighted by atomic mass is 35.5. The van der Waals surface area contributed by atoms with Gasteiger partial charge < -0.3 is 19.7 Å². The van der Waals surface area contributed by atoms with E-state index in [-0.39, 0.29) is 5.91 Å². The van der Waals surface area contributed by atoms with Gasteiger partial charge in [-0.3, -0.25) is 4.79 Å². The summed E-state index contributed by atoms with van der Waals surface area (Å²) in [6.45, 7) is 1.22. The zero-order chi connectivity index (χ0) is 19.1. The van der Waals surface area contributed by atoms with E-state index in [9.17, 15) is 4.79 Å². The van der Waals surface area contributed by atoms with Crippen LogP contribution in [-0.4, -0.2) is 38.6 Å². The van der Waals surface area contributed by atoms with Crippen molar-refractivity contribution in [1.82, 2.24) is 4.90 Å². The summed E-state index contributed by atoms with van der Waals surface area (Å²) in [6.07, 6.45) is 0.316. The molecule has 0 radical (unpaired) electrons. The Morgan fingerprint density at radius 3 is 2.42 bits per heavy atom. The second-order valence-electron chi connectivity index (χ2n) is 5.81. The molecule has 1 amide bonds. The number of hydrogen-bond donors (Lipinski definition) is 1. The number of ether oxygens (including phenoxy) is 2. The van der Waals surface area contributed by atoms with Gasteiger partial charge in [0.05, 0.1) is 30.0 Å². The summed E-state index contributed by atoms with van der Waals surface area (Å²) < 4.78 is 10.6. The summed E-state index contributed by atoms with van der Waals surface area (Å²) in [5.41, 5.74) is 1.46. The maximum atomic E-state index is 12.2. The normalized spacial score (nSPS) is 10.7. The number of benzene rings is 2. The average Bonchev–Trinajstić information content (AvgIpc) is 2.63. The summed E-state index contributed by atoms with van der Waals surface area (Å²) in [6, 6.07) is 10.8. The van der Waals surface area contributed by atoms with Gasteiger partial charge in [-0.1, -0.05) is 35.3 Å². The molecule has 0 spiro atoms. The van der Waals surface area contributed by atoms with Gasteiger partial charge in [-0.2, -0.15) is 0 Å². The summed E-state index contributed by atoms with van der Waals surface area (Å²) in [5.74, 6) is 1.35. The third-order valence-electron chi connectivity index (χ3n) is 3.88. The third-order valence-corrected chi connectivity index (χ3v) is 4.51. The molecule has 1 N–H and O–H groups in total. The third kappa shape index (κ3) is 5.53. The van der Waals surface area contributed by atoms with Crippen molar-refractivity contribution in [2.45, 2.75) is 13.0 Å². The topological polar surface area (TPSA) is 50.8 Å². The molecule has 0 aliphatic heterocycles. The van der Waals surface area contributed by atoms with Gasteiger partial charge >= 0.3 is 0 Å². The SMILES string of the molecule is COc1ccc(CN(C)CCC(=O)Nc2c(Cl)cccc2Cl)c(OC)c1. The van der Waals surface area contributed by atoms with Crippen molar-refractivity contribution in [1.29, 1.82) is 0 Å².